The summed E-state index contributed by atoms with van der Waals surface area (Å²) in [5.41, 5.74) is 4.70. The largest absolute Gasteiger partial charge is 0.497 e. The molecule has 2 heterocycles. The lowest BCUT2D eigenvalue weighted by Crippen LogP contribution is -1.95. The summed E-state index contributed by atoms with van der Waals surface area (Å²) in [6, 6.07) is 28.9. The zero-order chi connectivity index (χ0) is 23.7. The van der Waals surface area contributed by atoms with Gasteiger partial charge in [-0.25, -0.2) is 0 Å². The van der Waals surface area contributed by atoms with E-state index in [1.807, 2.05) is 42.5 Å². The molecule has 0 bridgehead atoms. The van der Waals surface area contributed by atoms with E-state index in [9.17, 15) is 0 Å². The molecule has 0 radical (unpaired) electrons. The first-order valence-electron chi connectivity index (χ1n) is 11.4. The number of methoxy groups -OCH3 is 2. The van der Waals surface area contributed by atoms with Crippen molar-refractivity contribution in [2.45, 2.75) is 0 Å². The predicted molar refractivity (Wildman–Crippen MR) is 144 cm³/mol. The van der Waals surface area contributed by atoms with E-state index in [1.165, 1.54) is 0 Å². The second kappa shape index (κ2) is 7.42. The molecule has 7 rings (SSSR count). The second-order valence-electron chi connectivity index (χ2n) is 8.67. The van der Waals surface area contributed by atoms with Crippen LogP contribution >= 0.6 is 11.6 Å². The van der Waals surface area contributed by atoms with Crippen LogP contribution in [0.4, 0.5) is 0 Å². The summed E-state index contributed by atoms with van der Waals surface area (Å²) < 4.78 is 19.5. The first kappa shape index (κ1) is 20.2. The van der Waals surface area contributed by atoms with Crippen LogP contribution < -0.4 is 9.47 Å². The number of hydrogen-bond acceptors (Lipinski definition) is 3. The Balaban J connectivity index is 1.52. The smallest absolute Gasteiger partial charge is 0.139 e. The fourth-order valence-corrected chi connectivity index (χ4v) is 5.46. The Kier molecular flexibility index (Phi) is 4.29. The predicted octanol–water partition coefficient (Wildman–Crippen LogP) is 8.51. The molecule has 5 aromatic carbocycles. The fourth-order valence-electron chi connectivity index (χ4n) is 5.22. The molecule has 0 aliphatic rings. The van der Waals surface area contributed by atoms with Crippen LogP contribution in [0.3, 0.4) is 0 Å². The Labute approximate surface area is 205 Å². The maximum atomic E-state index is 6.78. The average Bonchev–Trinajstić information content (AvgIpc) is 3.43. The molecule has 0 spiro atoms. The van der Waals surface area contributed by atoms with E-state index >= 15 is 0 Å². The number of para-hydroxylation sites is 1. The normalized spacial score (nSPS) is 11.9. The third-order valence-corrected chi connectivity index (χ3v) is 7.13. The molecule has 0 saturated carbocycles. The summed E-state index contributed by atoms with van der Waals surface area (Å²) in [6.07, 6.45) is 0. The van der Waals surface area contributed by atoms with Crippen molar-refractivity contribution >= 4 is 66.1 Å². The lowest BCUT2D eigenvalue weighted by Gasteiger charge is -2.11. The van der Waals surface area contributed by atoms with E-state index in [0.717, 1.165) is 71.7 Å². The molecule has 0 aliphatic heterocycles. The van der Waals surface area contributed by atoms with Crippen LogP contribution in [-0.2, 0) is 0 Å². The Hall–Kier alpha value is -4.15. The van der Waals surface area contributed by atoms with Gasteiger partial charge in [-0.05, 0) is 65.4 Å². The molecule has 7 aromatic rings. The number of rotatable bonds is 3. The van der Waals surface area contributed by atoms with Gasteiger partial charge in [0.1, 0.15) is 22.7 Å². The maximum Gasteiger partial charge on any atom is 0.139 e. The lowest BCUT2D eigenvalue weighted by molar-refractivity contribution is 0.414. The molecule has 2 aromatic heterocycles. The number of aromatic nitrogens is 1. The van der Waals surface area contributed by atoms with Gasteiger partial charge in [-0.2, -0.15) is 0 Å². The number of furan rings is 1. The molecule has 0 atom stereocenters. The van der Waals surface area contributed by atoms with Gasteiger partial charge in [0, 0.05) is 27.9 Å². The molecule has 0 aliphatic carbocycles. The zero-order valence-electron chi connectivity index (χ0n) is 19.1. The zero-order valence-corrected chi connectivity index (χ0v) is 19.9. The summed E-state index contributed by atoms with van der Waals surface area (Å²) in [6.45, 7) is 0. The highest BCUT2D eigenvalue weighted by Crippen LogP contribution is 2.42. The first-order valence-corrected chi connectivity index (χ1v) is 11.7. The second-order valence-corrected chi connectivity index (χ2v) is 9.08. The van der Waals surface area contributed by atoms with Crippen LogP contribution in [0.5, 0.6) is 11.5 Å². The van der Waals surface area contributed by atoms with E-state index in [0.29, 0.717) is 5.02 Å². The Morgan fingerprint density at radius 1 is 0.714 bits per heavy atom. The van der Waals surface area contributed by atoms with Gasteiger partial charge in [-0.1, -0.05) is 35.9 Å². The van der Waals surface area contributed by atoms with Gasteiger partial charge in [0.2, 0.25) is 0 Å². The number of hydrogen-bond donors (Lipinski definition) is 0. The third-order valence-electron chi connectivity index (χ3n) is 6.83. The van der Waals surface area contributed by atoms with E-state index in [2.05, 4.69) is 47.0 Å². The minimum absolute atomic E-state index is 0.679. The third kappa shape index (κ3) is 2.87. The molecular weight excluding hydrogens is 458 g/mol. The van der Waals surface area contributed by atoms with Gasteiger partial charge >= 0.3 is 0 Å². The average molecular weight is 478 g/mol. The van der Waals surface area contributed by atoms with Crippen LogP contribution in [0, 0.1) is 0 Å². The van der Waals surface area contributed by atoms with Gasteiger partial charge in [0.05, 0.1) is 35.7 Å². The number of ether oxygens (including phenoxy) is 2. The molecule has 5 heteroatoms. The van der Waals surface area contributed by atoms with E-state index in [-0.39, 0.29) is 0 Å². The van der Waals surface area contributed by atoms with Crippen molar-refractivity contribution in [1.29, 1.82) is 0 Å². The van der Waals surface area contributed by atoms with Gasteiger partial charge in [0.15, 0.2) is 0 Å². The molecule has 0 saturated heterocycles. The quantitative estimate of drug-likeness (QED) is 0.256. The number of benzene rings is 5. The van der Waals surface area contributed by atoms with Gasteiger partial charge in [-0.15, -0.1) is 0 Å². The maximum absolute atomic E-state index is 6.78. The highest BCUT2D eigenvalue weighted by atomic mass is 35.5. The van der Waals surface area contributed by atoms with Crippen LogP contribution in [0.1, 0.15) is 0 Å². The Bertz CT molecular complexity index is 1950. The molecule has 0 fully saturated rings. The molecule has 0 N–H and O–H groups in total. The highest BCUT2D eigenvalue weighted by Gasteiger charge is 2.19. The van der Waals surface area contributed by atoms with Gasteiger partial charge in [0.25, 0.3) is 0 Å². The van der Waals surface area contributed by atoms with Crippen molar-refractivity contribution < 1.29 is 13.9 Å². The Morgan fingerprint density at radius 2 is 1.57 bits per heavy atom. The first-order chi connectivity index (χ1) is 17.2. The standard InChI is InChI=1S/C30H20ClNO3/c1-33-20-9-10-21-23-14-17-7-8-19(13-18(17)15-27(23)35-28(21)16-20)32-25-6-4-3-5-22(25)29-26(34-2)12-11-24(31)30(29)32/h3-16H,1-2H3. The monoisotopic (exact) mass is 477 g/mol. The van der Waals surface area contributed by atoms with E-state index in [1.54, 1.807) is 14.2 Å². The molecule has 4 nitrogen and oxygen atoms in total. The summed E-state index contributed by atoms with van der Waals surface area (Å²) in [4.78, 5) is 0. The van der Waals surface area contributed by atoms with E-state index in [4.69, 9.17) is 25.5 Å². The van der Waals surface area contributed by atoms with Crippen molar-refractivity contribution in [3.05, 3.63) is 90.0 Å². The fraction of sp³-hybridized carbons (Fsp3) is 0.0667. The molecule has 170 valence electrons. The van der Waals surface area contributed by atoms with Crippen LogP contribution in [0.15, 0.2) is 89.3 Å². The summed E-state index contributed by atoms with van der Waals surface area (Å²) in [5.74, 6) is 1.58. The minimum atomic E-state index is 0.679. The van der Waals surface area contributed by atoms with Crippen molar-refractivity contribution in [2.24, 2.45) is 0 Å². The highest BCUT2D eigenvalue weighted by molar-refractivity contribution is 6.37. The lowest BCUT2D eigenvalue weighted by atomic mass is 10.1. The summed E-state index contributed by atoms with van der Waals surface area (Å²) in [5, 5.41) is 7.19. The van der Waals surface area contributed by atoms with Gasteiger partial charge in [-0.3, -0.25) is 0 Å². The topological polar surface area (TPSA) is 36.5 Å². The number of halogens is 1. The van der Waals surface area contributed by atoms with Crippen molar-refractivity contribution in [2.75, 3.05) is 14.2 Å². The van der Waals surface area contributed by atoms with Crippen LogP contribution in [0.2, 0.25) is 5.02 Å². The van der Waals surface area contributed by atoms with Gasteiger partial charge < -0.3 is 18.5 Å². The number of fused-ring (bicyclic) bond motifs is 7. The van der Waals surface area contributed by atoms with E-state index < -0.39 is 0 Å². The van der Waals surface area contributed by atoms with Crippen molar-refractivity contribution in [3.8, 4) is 17.2 Å². The van der Waals surface area contributed by atoms with Crippen molar-refractivity contribution in [3.63, 3.8) is 0 Å². The minimum Gasteiger partial charge on any atom is -0.497 e. The Morgan fingerprint density at radius 3 is 2.43 bits per heavy atom. The molecule has 0 unspecified atom stereocenters. The van der Waals surface area contributed by atoms with Crippen LogP contribution in [0.25, 0.3) is 60.2 Å². The number of nitrogens with zero attached hydrogens (tertiary/aromatic N) is 1. The van der Waals surface area contributed by atoms with Crippen LogP contribution in [-0.4, -0.2) is 18.8 Å². The summed E-state index contributed by atoms with van der Waals surface area (Å²) >= 11 is 6.78. The molecule has 0 amide bonds. The van der Waals surface area contributed by atoms with Crippen molar-refractivity contribution in [1.82, 2.24) is 4.57 Å². The molecule has 35 heavy (non-hydrogen) atoms. The SMILES string of the molecule is COc1ccc2c(c1)oc1cc3cc(-n4c5ccccc5c5c(OC)ccc(Cl)c54)ccc3cc12. The molecular formula is C30H20ClNO3. The summed E-state index contributed by atoms with van der Waals surface area (Å²) in [7, 11) is 3.36.